The summed E-state index contributed by atoms with van der Waals surface area (Å²) in [7, 11) is 1.55. The van der Waals surface area contributed by atoms with E-state index in [9.17, 15) is 23.1 Å². The lowest BCUT2D eigenvalue weighted by Gasteiger charge is -2.38. The summed E-state index contributed by atoms with van der Waals surface area (Å²) in [5.41, 5.74) is 2.65. The van der Waals surface area contributed by atoms with Crippen LogP contribution < -0.4 is 10.2 Å². The van der Waals surface area contributed by atoms with Crippen molar-refractivity contribution in [1.29, 1.82) is 0 Å². The molecule has 1 atom stereocenters. The molecule has 1 aromatic heterocycles. The van der Waals surface area contributed by atoms with Gasteiger partial charge in [0.25, 0.3) is 0 Å². The number of nitrogens with zero attached hydrogens (tertiary/aromatic N) is 3. The second-order valence-electron chi connectivity index (χ2n) is 9.24. The number of aliphatic hydroxyl groups is 1. The molecule has 0 radical (unpaired) electrons. The molecule has 4 rings (SSSR count). The Morgan fingerprint density at radius 3 is 2.26 bits per heavy atom. The van der Waals surface area contributed by atoms with Crippen LogP contribution in [0.2, 0.25) is 0 Å². The average Bonchev–Trinajstić information content (AvgIpc) is 3.07. The lowest BCUT2D eigenvalue weighted by Crippen LogP contribution is -2.48. The molecule has 3 aromatic rings. The summed E-state index contributed by atoms with van der Waals surface area (Å²) in [6, 6.07) is 14.1. The number of urea groups is 1. The zero-order valence-electron chi connectivity index (χ0n) is 20.1. The van der Waals surface area contributed by atoms with Gasteiger partial charge in [-0.2, -0.15) is 13.2 Å². The van der Waals surface area contributed by atoms with Crippen molar-refractivity contribution in [3.63, 3.8) is 0 Å². The highest BCUT2D eigenvalue weighted by Crippen LogP contribution is 2.45. The minimum Gasteiger partial charge on any atom is -0.369 e. The first-order chi connectivity index (χ1) is 16.5. The summed E-state index contributed by atoms with van der Waals surface area (Å²) >= 11 is 0. The quantitative estimate of drug-likeness (QED) is 0.441. The van der Waals surface area contributed by atoms with Crippen molar-refractivity contribution in [2.45, 2.75) is 39.7 Å². The standard InChI is InChI=1S/C26H29F3N4O2/c1-16(2)14-33-22-17(3)32(15-18-10-12-19(13-11-18)26(27,28)29)23(30-20-8-6-5-7-9-20)21(22)24(34)31(4)25(33)35/h5-13,16,24,30,34H,14-15H2,1-4H3. The molecule has 0 saturated carbocycles. The summed E-state index contributed by atoms with van der Waals surface area (Å²) < 4.78 is 41.1. The van der Waals surface area contributed by atoms with Crippen molar-refractivity contribution in [2.24, 2.45) is 5.92 Å². The maximum absolute atomic E-state index is 13.1. The Bertz CT molecular complexity index is 1200. The number of benzene rings is 2. The van der Waals surface area contributed by atoms with Crippen molar-refractivity contribution in [2.75, 3.05) is 23.8 Å². The van der Waals surface area contributed by atoms with E-state index in [1.807, 2.05) is 55.7 Å². The van der Waals surface area contributed by atoms with Crippen LogP contribution >= 0.6 is 0 Å². The Hall–Kier alpha value is -3.46. The Balaban J connectivity index is 1.86. The summed E-state index contributed by atoms with van der Waals surface area (Å²) in [6.45, 7) is 6.59. The van der Waals surface area contributed by atoms with Gasteiger partial charge >= 0.3 is 12.2 Å². The second-order valence-corrected chi connectivity index (χ2v) is 9.24. The highest BCUT2D eigenvalue weighted by molar-refractivity contribution is 5.98. The van der Waals surface area contributed by atoms with E-state index in [1.54, 1.807) is 11.9 Å². The van der Waals surface area contributed by atoms with Gasteiger partial charge in [-0.15, -0.1) is 0 Å². The molecule has 0 aliphatic carbocycles. The number of amides is 2. The van der Waals surface area contributed by atoms with Crippen LogP contribution in [-0.2, 0) is 12.7 Å². The molecule has 0 spiro atoms. The number of anilines is 3. The van der Waals surface area contributed by atoms with Crippen LogP contribution in [0.1, 0.15) is 42.5 Å². The van der Waals surface area contributed by atoms with Crippen LogP contribution in [0.15, 0.2) is 54.6 Å². The summed E-state index contributed by atoms with van der Waals surface area (Å²) in [4.78, 5) is 16.1. The summed E-state index contributed by atoms with van der Waals surface area (Å²) in [5.74, 6) is 0.767. The van der Waals surface area contributed by atoms with Gasteiger partial charge in [0, 0.05) is 31.5 Å². The maximum atomic E-state index is 13.1. The van der Waals surface area contributed by atoms with Crippen LogP contribution in [0.25, 0.3) is 0 Å². The molecule has 2 aromatic carbocycles. The van der Waals surface area contributed by atoms with Crippen LogP contribution in [0.5, 0.6) is 0 Å². The van der Waals surface area contributed by atoms with E-state index >= 15 is 0 Å². The summed E-state index contributed by atoms with van der Waals surface area (Å²) in [6.07, 6.45) is -5.59. The molecular weight excluding hydrogens is 457 g/mol. The zero-order chi connectivity index (χ0) is 25.5. The predicted molar refractivity (Wildman–Crippen MR) is 130 cm³/mol. The van der Waals surface area contributed by atoms with E-state index in [-0.39, 0.29) is 18.5 Å². The van der Waals surface area contributed by atoms with E-state index in [0.29, 0.717) is 29.2 Å². The third kappa shape index (κ3) is 4.73. The van der Waals surface area contributed by atoms with Crippen molar-refractivity contribution >= 4 is 23.2 Å². The molecule has 1 aliphatic rings. The van der Waals surface area contributed by atoms with Gasteiger partial charge in [-0.3, -0.25) is 9.80 Å². The van der Waals surface area contributed by atoms with Crippen LogP contribution in [0, 0.1) is 12.8 Å². The number of aliphatic hydroxyl groups excluding tert-OH is 1. The lowest BCUT2D eigenvalue weighted by atomic mass is 10.1. The van der Waals surface area contributed by atoms with E-state index < -0.39 is 18.0 Å². The molecule has 0 saturated heterocycles. The molecule has 0 bridgehead atoms. The van der Waals surface area contributed by atoms with Gasteiger partial charge in [-0.1, -0.05) is 44.2 Å². The van der Waals surface area contributed by atoms with Gasteiger partial charge < -0.3 is 15.0 Å². The van der Waals surface area contributed by atoms with Crippen molar-refractivity contribution in [3.8, 4) is 0 Å². The smallest absolute Gasteiger partial charge is 0.369 e. The van der Waals surface area contributed by atoms with Gasteiger partial charge in [-0.05, 0) is 42.7 Å². The Morgan fingerprint density at radius 2 is 1.69 bits per heavy atom. The Kier molecular flexibility index (Phi) is 6.55. The molecular formula is C26H29F3N4O2. The number of aromatic nitrogens is 1. The molecule has 35 heavy (non-hydrogen) atoms. The van der Waals surface area contributed by atoms with Crippen LogP contribution in [0.3, 0.4) is 0 Å². The molecule has 2 N–H and O–H groups in total. The number of halogens is 3. The SMILES string of the molecule is Cc1c2c(c(Nc3ccccc3)n1Cc1ccc(C(F)(F)F)cc1)C(O)N(C)C(=O)N2CC(C)C. The van der Waals surface area contributed by atoms with E-state index in [4.69, 9.17) is 0 Å². The molecule has 0 fully saturated rings. The van der Waals surface area contributed by atoms with Crippen molar-refractivity contribution in [3.05, 3.63) is 77.0 Å². The monoisotopic (exact) mass is 486 g/mol. The second kappa shape index (κ2) is 9.30. The topological polar surface area (TPSA) is 60.7 Å². The average molecular weight is 487 g/mol. The highest BCUT2D eigenvalue weighted by atomic mass is 19.4. The molecule has 1 unspecified atom stereocenters. The zero-order valence-corrected chi connectivity index (χ0v) is 20.1. The van der Waals surface area contributed by atoms with Crippen molar-refractivity contribution < 1.29 is 23.1 Å². The normalized spacial score (nSPS) is 16.1. The molecule has 6 nitrogen and oxygen atoms in total. The molecule has 2 heterocycles. The van der Waals surface area contributed by atoms with E-state index in [2.05, 4.69) is 5.32 Å². The number of hydrogen-bond acceptors (Lipinski definition) is 3. The minimum atomic E-state index is -4.41. The van der Waals surface area contributed by atoms with Crippen LogP contribution in [0.4, 0.5) is 35.2 Å². The fourth-order valence-corrected chi connectivity index (χ4v) is 4.42. The minimum absolute atomic E-state index is 0.179. The van der Waals surface area contributed by atoms with E-state index in [1.165, 1.54) is 17.0 Å². The number of alkyl halides is 3. The number of rotatable bonds is 6. The fraction of sp³-hybridized carbons (Fsp3) is 0.346. The first-order valence-electron chi connectivity index (χ1n) is 11.4. The fourth-order valence-electron chi connectivity index (χ4n) is 4.42. The lowest BCUT2D eigenvalue weighted by molar-refractivity contribution is -0.137. The largest absolute Gasteiger partial charge is 0.416 e. The van der Waals surface area contributed by atoms with E-state index in [0.717, 1.165) is 23.5 Å². The molecule has 186 valence electrons. The molecule has 1 aliphatic heterocycles. The third-order valence-electron chi connectivity index (χ3n) is 6.16. The van der Waals surface area contributed by atoms with Gasteiger partial charge in [0.2, 0.25) is 0 Å². The number of nitrogens with one attached hydrogen (secondary N) is 1. The number of carbonyl (C=O) groups is 1. The Labute approximate surface area is 202 Å². The number of para-hydroxylation sites is 1. The number of hydrogen-bond donors (Lipinski definition) is 2. The molecule has 9 heteroatoms. The first kappa shape index (κ1) is 24.7. The van der Waals surface area contributed by atoms with Gasteiger partial charge in [-0.25, -0.2) is 4.79 Å². The predicted octanol–water partition coefficient (Wildman–Crippen LogP) is 6.13. The molecule has 2 amide bonds. The van der Waals surface area contributed by atoms with Crippen LogP contribution in [-0.4, -0.2) is 34.2 Å². The first-order valence-corrected chi connectivity index (χ1v) is 11.4. The van der Waals surface area contributed by atoms with Crippen molar-refractivity contribution in [1.82, 2.24) is 9.47 Å². The summed E-state index contributed by atoms with van der Waals surface area (Å²) in [5, 5.41) is 14.5. The maximum Gasteiger partial charge on any atom is 0.416 e. The number of fused-ring (bicyclic) bond motifs is 1. The van der Waals surface area contributed by atoms with Gasteiger partial charge in [0.15, 0.2) is 6.23 Å². The van der Waals surface area contributed by atoms with Gasteiger partial charge in [0.1, 0.15) is 5.82 Å². The third-order valence-corrected chi connectivity index (χ3v) is 6.16. The number of carbonyl (C=O) groups excluding carboxylic acids is 1. The highest BCUT2D eigenvalue weighted by Gasteiger charge is 2.40. The Morgan fingerprint density at radius 1 is 1.06 bits per heavy atom. The van der Waals surface area contributed by atoms with Gasteiger partial charge in [0.05, 0.1) is 16.8 Å².